The molecule has 0 spiro atoms. The average Bonchev–Trinajstić information content (AvgIpc) is 2.78. The van der Waals surface area contributed by atoms with E-state index >= 15 is 0 Å². The van der Waals surface area contributed by atoms with Crippen molar-refractivity contribution in [3.05, 3.63) is 106 Å². The van der Waals surface area contributed by atoms with E-state index in [1.54, 1.807) is 0 Å². The Balaban J connectivity index is 1.68. The highest BCUT2D eigenvalue weighted by atomic mass is 19.4. The summed E-state index contributed by atoms with van der Waals surface area (Å²) in [5, 5.41) is 0. The predicted octanol–water partition coefficient (Wildman–Crippen LogP) is 9.47. The summed E-state index contributed by atoms with van der Waals surface area (Å²) in [4.78, 5) is 0. The first kappa shape index (κ1) is 30.5. The Morgan fingerprint density at radius 3 is 1.26 bits per heavy atom. The largest absolute Gasteiger partial charge is 0.573 e. The van der Waals surface area contributed by atoms with Crippen LogP contribution in [0.1, 0.15) is 11.1 Å². The molecule has 4 aromatic rings. The van der Waals surface area contributed by atoms with Crippen molar-refractivity contribution in [3.63, 3.8) is 0 Å². The molecule has 0 aliphatic rings. The molecule has 0 N–H and O–H groups in total. The first-order chi connectivity index (χ1) is 19.4. The van der Waals surface area contributed by atoms with Crippen LogP contribution in [0.4, 0.5) is 57.1 Å². The van der Waals surface area contributed by atoms with Gasteiger partial charge in [0.15, 0.2) is 11.6 Å². The van der Waals surface area contributed by atoms with Crippen LogP contribution in [0.5, 0.6) is 11.5 Å². The molecule has 4 aromatic carbocycles. The highest BCUT2D eigenvalue weighted by Gasteiger charge is 2.42. The van der Waals surface area contributed by atoms with Crippen LogP contribution in [-0.4, -0.2) is 6.36 Å². The lowest BCUT2D eigenvalue weighted by molar-refractivity contribution is -0.276. The number of ether oxygens (including phenoxy) is 2. The van der Waals surface area contributed by atoms with Gasteiger partial charge in [0, 0.05) is 12.1 Å². The van der Waals surface area contributed by atoms with Crippen molar-refractivity contribution in [2.75, 3.05) is 0 Å². The average molecular weight is 614 g/mol. The summed E-state index contributed by atoms with van der Waals surface area (Å²) in [6.07, 6.45) is -10.5. The minimum absolute atomic E-state index is 0.0312. The summed E-state index contributed by atoms with van der Waals surface area (Å²) in [6.45, 7) is 1.32. The van der Waals surface area contributed by atoms with Crippen LogP contribution < -0.4 is 9.47 Å². The second-order valence-corrected chi connectivity index (χ2v) is 8.62. The fourth-order valence-corrected chi connectivity index (χ4v) is 3.97. The molecule has 0 fully saturated rings. The third-order valence-corrected chi connectivity index (χ3v) is 5.57. The summed E-state index contributed by atoms with van der Waals surface area (Å²) in [6, 6.07) is 2.17. The maximum atomic E-state index is 14.8. The van der Waals surface area contributed by atoms with Crippen LogP contribution in [0.3, 0.4) is 0 Å². The van der Waals surface area contributed by atoms with Gasteiger partial charge in [-0.05, 0) is 60.0 Å². The summed E-state index contributed by atoms with van der Waals surface area (Å²) in [7, 11) is 0. The minimum atomic E-state index is -5.52. The molecule has 0 aliphatic heterocycles. The van der Waals surface area contributed by atoms with Gasteiger partial charge >= 0.3 is 12.5 Å². The van der Waals surface area contributed by atoms with E-state index in [-0.39, 0.29) is 42.0 Å². The van der Waals surface area contributed by atoms with E-state index in [4.69, 9.17) is 0 Å². The fraction of sp³-hybridized carbons (Fsp3) is 0.111. The minimum Gasteiger partial charge on any atom is -0.429 e. The van der Waals surface area contributed by atoms with E-state index in [1.807, 2.05) is 0 Å². The van der Waals surface area contributed by atoms with Crippen molar-refractivity contribution in [1.82, 2.24) is 0 Å². The molecule has 4 rings (SSSR count). The zero-order valence-corrected chi connectivity index (χ0v) is 20.3. The van der Waals surface area contributed by atoms with Gasteiger partial charge in [0.2, 0.25) is 5.75 Å². The number of rotatable bonds is 6. The van der Waals surface area contributed by atoms with Gasteiger partial charge in [-0.3, -0.25) is 0 Å². The number of hydrogen-bond acceptors (Lipinski definition) is 2. The van der Waals surface area contributed by atoms with E-state index in [2.05, 4.69) is 9.47 Å². The van der Waals surface area contributed by atoms with Gasteiger partial charge in [-0.1, -0.05) is 0 Å². The Kier molecular flexibility index (Phi) is 7.82. The van der Waals surface area contributed by atoms with Crippen molar-refractivity contribution in [1.29, 1.82) is 0 Å². The van der Waals surface area contributed by atoms with Gasteiger partial charge in [-0.2, -0.15) is 8.78 Å². The van der Waals surface area contributed by atoms with Crippen LogP contribution in [0.15, 0.2) is 48.5 Å². The predicted molar refractivity (Wildman–Crippen MR) is 119 cm³/mol. The Bertz CT molecular complexity index is 1600. The summed E-state index contributed by atoms with van der Waals surface area (Å²) in [5.74, 6) is -17.6. The first-order valence-corrected chi connectivity index (χ1v) is 11.1. The highest BCUT2D eigenvalue weighted by Crippen LogP contribution is 2.40. The second kappa shape index (κ2) is 10.8. The molecule has 0 atom stereocenters. The van der Waals surface area contributed by atoms with Crippen molar-refractivity contribution in [2.45, 2.75) is 19.4 Å². The monoisotopic (exact) mass is 614 g/mol. The maximum Gasteiger partial charge on any atom is 0.573 e. The van der Waals surface area contributed by atoms with Crippen LogP contribution in [0.25, 0.3) is 22.3 Å². The quantitative estimate of drug-likeness (QED) is 0.202. The molecule has 0 saturated heterocycles. The SMILES string of the molecule is Cc1cc(F)c(-c2cc(F)c(C(F)(F)Oc3cc(F)c(-c4cc(F)c(OC(F)(F)F)c(F)c4)c(F)c3)c(F)c2)c(F)c1. The Morgan fingerprint density at radius 2 is 0.857 bits per heavy atom. The van der Waals surface area contributed by atoms with Gasteiger partial charge in [-0.25, -0.2) is 35.1 Å². The van der Waals surface area contributed by atoms with E-state index in [0.717, 1.165) is 12.1 Å². The third-order valence-electron chi connectivity index (χ3n) is 5.57. The second-order valence-electron chi connectivity index (χ2n) is 8.62. The summed E-state index contributed by atoms with van der Waals surface area (Å²) < 4.78 is 189. The molecule has 0 saturated carbocycles. The molecule has 2 nitrogen and oxygen atoms in total. The van der Waals surface area contributed by atoms with Crippen LogP contribution >= 0.6 is 0 Å². The molecule has 0 heterocycles. The molecule has 0 aromatic heterocycles. The van der Waals surface area contributed by atoms with Crippen molar-refractivity contribution in [2.24, 2.45) is 0 Å². The standard InChI is InChI=1S/C27H11F13O2/c1-10-2-14(28)22(15(29)3-10)11-4-18(32)24(19(33)5-11)26(36,37)41-13-8-16(30)23(17(31)9-13)12-6-20(34)25(21(35)7-12)42-27(38,39)40/h2-9H,1H3. The molecule has 0 unspecified atom stereocenters. The van der Waals surface area contributed by atoms with E-state index in [9.17, 15) is 57.1 Å². The smallest absolute Gasteiger partial charge is 0.429 e. The Hall–Kier alpha value is -4.43. The first-order valence-electron chi connectivity index (χ1n) is 11.1. The fourth-order valence-electron chi connectivity index (χ4n) is 3.97. The number of halogens is 13. The topological polar surface area (TPSA) is 18.5 Å². The van der Waals surface area contributed by atoms with Gasteiger partial charge in [0.1, 0.15) is 46.2 Å². The molecule has 0 amide bonds. The molecule has 0 aliphatic carbocycles. The molecule has 15 heteroatoms. The highest BCUT2D eigenvalue weighted by molar-refractivity contribution is 5.68. The van der Waals surface area contributed by atoms with Gasteiger partial charge in [-0.15, -0.1) is 13.2 Å². The van der Waals surface area contributed by atoms with Crippen LogP contribution in [-0.2, 0) is 6.11 Å². The van der Waals surface area contributed by atoms with Gasteiger partial charge in [0.05, 0.1) is 11.1 Å². The lowest BCUT2D eigenvalue weighted by Crippen LogP contribution is -2.25. The summed E-state index contributed by atoms with van der Waals surface area (Å²) >= 11 is 0. The van der Waals surface area contributed by atoms with Crippen LogP contribution in [0.2, 0.25) is 0 Å². The van der Waals surface area contributed by atoms with E-state index in [0.29, 0.717) is 0 Å². The van der Waals surface area contributed by atoms with E-state index < -0.39 is 98.3 Å². The lowest BCUT2D eigenvalue weighted by atomic mass is 10.00. The Morgan fingerprint density at radius 1 is 0.476 bits per heavy atom. The number of alkyl halides is 5. The van der Waals surface area contributed by atoms with Gasteiger partial charge in [0.25, 0.3) is 0 Å². The van der Waals surface area contributed by atoms with Crippen molar-refractivity contribution >= 4 is 0 Å². The van der Waals surface area contributed by atoms with Crippen molar-refractivity contribution in [3.8, 4) is 33.8 Å². The maximum absolute atomic E-state index is 14.8. The number of benzene rings is 4. The molecular weight excluding hydrogens is 603 g/mol. The zero-order valence-electron chi connectivity index (χ0n) is 20.3. The molecule has 222 valence electrons. The van der Waals surface area contributed by atoms with E-state index in [1.165, 1.54) is 6.92 Å². The van der Waals surface area contributed by atoms with Gasteiger partial charge < -0.3 is 9.47 Å². The van der Waals surface area contributed by atoms with Crippen LogP contribution in [0, 0.1) is 53.5 Å². The summed E-state index contributed by atoms with van der Waals surface area (Å²) in [5.41, 5.74) is -6.04. The van der Waals surface area contributed by atoms with Crippen molar-refractivity contribution < 1.29 is 66.5 Å². The lowest BCUT2D eigenvalue weighted by Gasteiger charge is -2.21. The Labute approximate surface area is 226 Å². The zero-order chi connectivity index (χ0) is 31.3. The number of aryl methyl sites for hydroxylation is 1. The third kappa shape index (κ3) is 6.09. The molecule has 0 bridgehead atoms. The molecule has 42 heavy (non-hydrogen) atoms. The molecule has 0 radical (unpaired) electrons. The normalized spacial score (nSPS) is 12.0. The number of hydrogen-bond donors (Lipinski definition) is 0. The molecular formula is C27H11F13O2.